The van der Waals surface area contributed by atoms with Gasteiger partial charge in [-0.3, -0.25) is 0 Å². The quantitative estimate of drug-likeness (QED) is 0.495. The van der Waals surface area contributed by atoms with E-state index in [2.05, 4.69) is 0 Å². The van der Waals surface area contributed by atoms with E-state index in [1.807, 2.05) is 0 Å². The van der Waals surface area contributed by atoms with Crippen molar-refractivity contribution >= 4 is 0 Å². The second kappa shape index (κ2) is 5.05. The molecule has 0 aromatic carbocycles. The van der Waals surface area contributed by atoms with Crippen LogP contribution in [0.1, 0.15) is 0 Å². The summed E-state index contributed by atoms with van der Waals surface area (Å²) in [5.74, 6) is -29.6. The molecule has 0 atom stereocenters. The molecule has 0 saturated heterocycles. The minimum Gasteiger partial charge on any atom is -0.191 e. The lowest BCUT2D eigenvalue weighted by Crippen LogP contribution is -2.60. The lowest BCUT2D eigenvalue weighted by molar-refractivity contribution is -0.386. The summed E-state index contributed by atoms with van der Waals surface area (Å²) in [4.78, 5) is 0. The van der Waals surface area contributed by atoms with Gasteiger partial charge in [0, 0.05) is 0 Å². The van der Waals surface area contributed by atoms with Gasteiger partial charge < -0.3 is 0 Å². The first-order valence-corrected chi connectivity index (χ1v) is 4.40. The van der Waals surface area contributed by atoms with Gasteiger partial charge in [-0.2, -0.15) is 61.5 Å². The van der Waals surface area contributed by atoms with Crippen LogP contribution in [0.4, 0.5) is 61.5 Å². The number of alkyl halides is 14. The molecule has 0 aromatic rings. The van der Waals surface area contributed by atoms with Crippen LogP contribution in [-0.2, 0) is 0 Å². The number of hydrogen-bond donors (Lipinski definition) is 0. The van der Waals surface area contributed by atoms with Crippen LogP contribution in [-0.4, -0.2) is 36.0 Å². The predicted octanol–water partition coefficient (Wildman–Crippen LogP) is 4.66. The fourth-order valence-electron chi connectivity index (χ4n) is 0.682. The summed E-state index contributed by atoms with van der Waals surface area (Å²) in [7, 11) is 0. The summed E-state index contributed by atoms with van der Waals surface area (Å²) < 4.78 is 168. The van der Waals surface area contributed by atoms with Gasteiger partial charge in [0.25, 0.3) is 0 Å². The largest absolute Gasteiger partial charge is 0.466 e. The van der Waals surface area contributed by atoms with E-state index in [-0.39, 0.29) is 0 Å². The Labute approximate surface area is 111 Å². The molecule has 0 radical (unpaired) electrons. The average Bonchev–Trinajstić information content (AvgIpc) is 2.23. The number of halogens is 14. The van der Waals surface area contributed by atoms with E-state index in [0.29, 0.717) is 0 Å². The Kier molecular flexibility index (Phi) is 4.73. The highest BCUT2D eigenvalue weighted by Gasteiger charge is 2.81. The van der Waals surface area contributed by atoms with E-state index in [0.717, 1.165) is 0 Å². The molecule has 130 valence electrons. The Hall–Kier alpha value is -1.42. The minimum atomic E-state index is -7.44. The number of rotatable bonds is 2. The first kappa shape index (κ1) is 20.6. The first-order valence-electron chi connectivity index (χ1n) is 4.40. The summed E-state index contributed by atoms with van der Waals surface area (Å²) in [5.41, 5.74) is 0. The molecule has 0 fully saturated rings. The predicted molar refractivity (Wildman–Crippen MR) is 39.7 cm³/mol. The minimum absolute atomic E-state index is 0.770. The highest BCUT2D eigenvalue weighted by Crippen LogP contribution is 2.53. The molecule has 0 rings (SSSR count). The zero-order chi connectivity index (χ0) is 18.4. The summed E-state index contributed by atoms with van der Waals surface area (Å²) >= 11 is 0. The molecule has 0 N–H and O–H groups in total. The highest BCUT2D eigenvalue weighted by atomic mass is 19.4. The molecule has 0 aliphatic rings. The van der Waals surface area contributed by atoms with E-state index in [1.54, 1.807) is 0 Å². The zero-order valence-electron chi connectivity index (χ0n) is 9.29. The maximum absolute atomic E-state index is 12.5. The lowest BCUT2D eigenvalue weighted by atomic mass is 10.0. The molecule has 0 aliphatic carbocycles. The Bertz CT molecular complexity index is 466. The molecule has 0 bridgehead atoms. The summed E-state index contributed by atoms with van der Waals surface area (Å²) in [6.07, 6.45) is -13.9. The second-order valence-electron chi connectivity index (χ2n) is 3.54. The fourth-order valence-corrected chi connectivity index (χ4v) is 0.682. The second-order valence-corrected chi connectivity index (χ2v) is 3.54. The third-order valence-corrected chi connectivity index (χ3v) is 1.88. The van der Waals surface area contributed by atoms with Gasteiger partial charge in [0.05, 0.1) is 0 Å². The molecule has 0 aliphatic heterocycles. The normalized spacial score (nSPS) is 15.4. The van der Waals surface area contributed by atoms with Crippen LogP contribution in [0.15, 0.2) is 0 Å². The van der Waals surface area contributed by atoms with Gasteiger partial charge in [-0.25, -0.2) is 0 Å². The van der Waals surface area contributed by atoms with Crippen molar-refractivity contribution in [1.29, 1.82) is 0 Å². The fraction of sp³-hybridized carbons (Fsp3) is 0.750. The van der Waals surface area contributed by atoms with Crippen LogP contribution in [0, 0.1) is 11.8 Å². The summed E-state index contributed by atoms with van der Waals surface area (Å²) in [5, 5.41) is 0. The van der Waals surface area contributed by atoms with Crippen LogP contribution in [0.2, 0.25) is 0 Å². The van der Waals surface area contributed by atoms with Crippen molar-refractivity contribution in [3.8, 4) is 11.8 Å². The van der Waals surface area contributed by atoms with Gasteiger partial charge in [0.2, 0.25) is 0 Å². The molecule has 0 spiro atoms. The first-order chi connectivity index (χ1) is 9.21. The summed E-state index contributed by atoms with van der Waals surface area (Å²) in [6, 6.07) is 0. The molecule has 0 saturated carbocycles. The van der Waals surface area contributed by atoms with Crippen molar-refractivity contribution in [3.05, 3.63) is 0 Å². The Balaban J connectivity index is 5.89. The SMILES string of the molecule is FC(F)(F)C(F)(F)C#CC(F)(F)C(F)(F)C(F)(F)C(F)(F)F. The molecule has 0 heterocycles. The molecule has 0 nitrogen and oxygen atoms in total. The van der Waals surface area contributed by atoms with E-state index in [1.165, 1.54) is 0 Å². The van der Waals surface area contributed by atoms with Crippen LogP contribution in [0.25, 0.3) is 0 Å². The van der Waals surface area contributed by atoms with Crippen molar-refractivity contribution in [2.24, 2.45) is 0 Å². The summed E-state index contributed by atoms with van der Waals surface area (Å²) in [6.45, 7) is 0. The average molecular weight is 362 g/mol. The Morgan fingerprint density at radius 3 is 0.955 bits per heavy atom. The van der Waals surface area contributed by atoms with Gasteiger partial charge >= 0.3 is 36.0 Å². The smallest absolute Gasteiger partial charge is 0.191 e. The van der Waals surface area contributed by atoms with Crippen LogP contribution in [0.3, 0.4) is 0 Å². The zero-order valence-corrected chi connectivity index (χ0v) is 9.29. The third kappa shape index (κ3) is 3.32. The standard InChI is InChI=1S/C8F14/c9-3(10,1-2-4(11,12)7(17,18)19)5(13,14)6(15,16)8(20,21)22. The van der Waals surface area contributed by atoms with E-state index >= 15 is 0 Å². The molecule has 14 heteroatoms. The van der Waals surface area contributed by atoms with Gasteiger partial charge in [0.1, 0.15) is 0 Å². The van der Waals surface area contributed by atoms with E-state index < -0.39 is 47.9 Å². The van der Waals surface area contributed by atoms with Gasteiger partial charge in [0.15, 0.2) is 0 Å². The monoisotopic (exact) mass is 362 g/mol. The van der Waals surface area contributed by atoms with Crippen LogP contribution < -0.4 is 0 Å². The van der Waals surface area contributed by atoms with Gasteiger partial charge in [-0.15, -0.1) is 0 Å². The van der Waals surface area contributed by atoms with Crippen molar-refractivity contribution in [2.75, 3.05) is 0 Å². The van der Waals surface area contributed by atoms with Crippen molar-refractivity contribution in [3.63, 3.8) is 0 Å². The molecule has 22 heavy (non-hydrogen) atoms. The van der Waals surface area contributed by atoms with Crippen molar-refractivity contribution in [2.45, 2.75) is 36.0 Å². The molecular weight excluding hydrogens is 362 g/mol. The Morgan fingerprint density at radius 2 is 0.682 bits per heavy atom. The topological polar surface area (TPSA) is 0 Å². The van der Waals surface area contributed by atoms with E-state index in [4.69, 9.17) is 0 Å². The van der Waals surface area contributed by atoms with Gasteiger partial charge in [-0.1, -0.05) is 0 Å². The van der Waals surface area contributed by atoms with E-state index in [9.17, 15) is 61.5 Å². The molecule has 0 unspecified atom stereocenters. The van der Waals surface area contributed by atoms with Gasteiger partial charge in [-0.05, 0) is 11.8 Å². The highest BCUT2D eigenvalue weighted by molar-refractivity contribution is 5.23. The molecule has 0 aromatic heterocycles. The van der Waals surface area contributed by atoms with Crippen LogP contribution in [0.5, 0.6) is 0 Å². The maximum Gasteiger partial charge on any atom is 0.466 e. The van der Waals surface area contributed by atoms with Crippen LogP contribution >= 0.6 is 0 Å². The number of hydrogen-bond acceptors (Lipinski definition) is 0. The van der Waals surface area contributed by atoms with Crippen molar-refractivity contribution in [1.82, 2.24) is 0 Å². The van der Waals surface area contributed by atoms with Crippen molar-refractivity contribution < 1.29 is 61.5 Å². The maximum atomic E-state index is 12.5. The lowest BCUT2D eigenvalue weighted by Gasteiger charge is -2.31. The Morgan fingerprint density at radius 1 is 0.364 bits per heavy atom. The third-order valence-electron chi connectivity index (χ3n) is 1.88. The molecular formula is C8F14. The molecule has 0 amide bonds.